The van der Waals surface area contributed by atoms with Crippen LogP contribution in [0.15, 0.2) is 42.5 Å². The second-order valence-electron chi connectivity index (χ2n) is 9.32. The number of carbonyl (C=O) groups excluding carboxylic acids is 2. The molecule has 0 aliphatic heterocycles. The first-order valence-electron chi connectivity index (χ1n) is 14.2. The summed E-state index contributed by atoms with van der Waals surface area (Å²) in [5, 5.41) is 2.66. The average molecular weight is 544 g/mol. The fraction of sp³-hybridized carbons (Fsp3) is 0.548. The van der Waals surface area contributed by atoms with Crippen molar-refractivity contribution in [3.8, 4) is 11.5 Å². The Bertz CT molecular complexity index is 962. The zero-order chi connectivity index (χ0) is 28.1. The Morgan fingerprint density at radius 2 is 1.46 bits per heavy atom. The molecule has 0 bridgehead atoms. The van der Waals surface area contributed by atoms with Crippen molar-refractivity contribution in [1.29, 1.82) is 0 Å². The Labute approximate surface area is 233 Å². The van der Waals surface area contributed by atoms with E-state index in [9.17, 15) is 9.59 Å². The average Bonchev–Trinajstić information content (AvgIpc) is 2.95. The van der Waals surface area contributed by atoms with Gasteiger partial charge >= 0.3 is 12.1 Å². The Morgan fingerprint density at radius 1 is 0.744 bits per heavy atom. The minimum absolute atomic E-state index is 0.0223. The number of benzene rings is 2. The monoisotopic (exact) mass is 543 g/mol. The van der Waals surface area contributed by atoms with Crippen LogP contribution in [0.3, 0.4) is 0 Å². The molecule has 0 fully saturated rings. The molecular weight excluding hydrogens is 498 g/mol. The van der Waals surface area contributed by atoms with Crippen molar-refractivity contribution in [2.45, 2.75) is 78.2 Å². The molecule has 2 rings (SSSR count). The molecule has 0 aromatic heterocycles. The normalized spacial score (nSPS) is 10.6. The topological polar surface area (TPSA) is 92.3 Å². The quantitative estimate of drug-likeness (QED) is 0.136. The number of nitrogens with one attached hydrogen (secondary N) is 1. The molecule has 0 aliphatic rings. The maximum Gasteiger partial charge on any atom is 0.411 e. The van der Waals surface area contributed by atoms with Crippen molar-refractivity contribution >= 4 is 17.7 Å². The molecule has 8 heteroatoms. The lowest BCUT2D eigenvalue weighted by Gasteiger charge is -2.13. The number of carbonyl (C=O) groups is 2. The van der Waals surface area contributed by atoms with Crippen LogP contribution in [0.2, 0.25) is 0 Å². The molecule has 0 spiro atoms. The summed E-state index contributed by atoms with van der Waals surface area (Å²) < 4.78 is 27.2. The van der Waals surface area contributed by atoms with E-state index in [1.807, 2.05) is 25.1 Å². The largest absolute Gasteiger partial charge is 0.496 e. The molecule has 1 N–H and O–H groups in total. The summed E-state index contributed by atoms with van der Waals surface area (Å²) in [7, 11) is 1.57. The van der Waals surface area contributed by atoms with Gasteiger partial charge in [0.05, 0.1) is 25.9 Å². The Morgan fingerprint density at radius 3 is 2.15 bits per heavy atom. The molecule has 1 amide bonds. The van der Waals surface area contributed by atoms with Gasteiger partial charge in [-0.1, -0.05) is 58.8 Å². The number of hydrogen-bond donors (Lipinski definition) is 1. The number of anilines is 1. The van der Waals surface area contributed by atoms with Crippen LogP contribution in [0.5, 0.6) is 11.5 Å². The zero-order valence-electron chi connectivity index (χ0n) is 23.8. The van der Waals surface area contributed by atoms with Gasteiger partial charge in [0.15, 0.2) is 0 Å². The third-order valence-corrected chi connectivity index (χ3v) is 6.05. The van der Waals surface area contributed by atoms with Crippen LogP contribution in [-0.4, -0.2) is 45.6 Å². The number of ether oxygens (including phenoxy) is 5. The second kappa shape index (κ2) is 19.8. The number of hydrogen-bond acceptors (Lipinski definition) is 7. The van der Waals surface area contributed by atoms with Crippen LogP contribution in [0.4, 0.5) is 10.5 Å². The molecule has 0 saturated heterocycles. The van der Waals surface area contributed by atoms with Crippen LogP contribution in [-0.2, 0) is 20.8 Å². The predicted octanol–water partition coefficient (Wildman–Crippen LogP) is 7.55. The third kappa shape index (κ3) is 13.4. The standard InChI is InChI=1S/C31H45NO7/c1-4-6-7-8-9-10-11-12-20-37-28-17-18-29(35-3)26(23-28)24-39-31(34)32-27-15-13-25(14-16-27)30(33)38-22-21-36-19-5-2/h13-18,23H,4-12,19-22,24H2,1-3H3,(H,32,34). The highest BCUT2D eigenvalue weighted by atomic mass is 16.6. The molecule has 8 nitrogen and oxygen atoms in total. The van der Waals surface area contributed by atoms with Gasteiger partial charge in [0.2, 0.25) is 0 Å². The number of esters is 1. The molecule has 2 aromatic carbocycles. The maximum atomic E-state index is 12.4. The van der Waals surface area contributed by atoms with Crippen LogP contribution in [0, 0.1) is 0 Å². The van der Waals surface area contributed by atoms with E-state index >= 15 is 0 Å². The van der Waals surface area contributed by atoms with Gasteiger partial charge in [0.1, 0.15) is 24.7 Å². The summed E-state index contributed by atoms with van der Waals surface area (Å²) in [4.78, 5) is 24.5. The van der Waals surface area contributed by atoms with Gasteiger partial charge in [-0.15, -0.1) is 0 Å². The lowest BCUT2D eigenvalue weighted by Crippen LogP contribution is -2.14. The van der Waals surface area contributed by atoms with Crippen LogP contribution in [0.25, 0.3) is 0 Å². The van der Waals surface area contributed by atoms with Crippen molar-refractivity contribution in [3.63, 3.8) is 0 Å². The van der Waals surface area contributed by atoms with E-state index in [1.54, 1.807) is 31.4 Å². The van der Waals surface area contributed by atoms with E-state index in [0.29, 0.717) is 42.4 Å². The molecule has 0 atom stereocenters. The van der Waals surface area contributed by atoms with Crippen LogP contribution >= 0.6 is 0 Å². The molecule has 39 heavy (non-hydrogen) atoms. The summed E-state index contributed by atoms with van der Waals surface area (Å²) in [6.45, 7) is 6.12. The predicted molar refractivity (Wildman–Crippen MR) is 153 cm³/mol. The molecule has 0 saturated carbocycles. The SMILES string of the molecule is CCCCCCCCCCOc1ccc(OC)c(COC(=O)Nc2ccc(C(=O)OCCOCCC)cc2)c1. The van der Waals surface area contributed by atoms with Crippen molar-refractivity contribution in [1.82, 2.24) is 0 Å². The van der Waals surface area contributed by atoms with E-state index in [-0.39, 0.29) is 13.2 Å². The Hall–Kier alpha value is -3.26. The van der Waals surface area contributed by atoms with Gasteiger partial charge in [-0.05, 0) is 55.3 Å². The van der Waals surface area contributed by atoms with E-state index < -0.39 is 12.1 Å². The summed E-state index contributed by atoms with van der Waals surface area (Å²) in [6.07, 6.45) is 10.3. The van der Waals surface area contributed by atoms with Crippen molar-refractivity contribution < 1.29 is 33.3 Å². The minimum Gasteiger partial charge on any atom is -0.496 e. The third-order valence-electron chi connectivity index (χ3n) is 6.05. The molecule has 0 heterocycles. The van der Waals surface area contributed by atoms with E-state index in [1.165, 1.54) is 38.5 Å². The van der Waals surface area contributed by atoms with Crippen LogP contribution in [0.1, 0.15) is 87.6 Å². The van der Waals surface area contributed by atoms with Gasteiger partial charge < -0.3 is 23.7 Å². The second-order valence-corrected chi connectivity index (χ2v) is 9.32. The first kappa shape index (κ1) is 32.0. The molecule has 0 aliphatic carbocycles. The Kier molecular flexibility index (Phi) is 16.2. The Balaban J connectivity index is 1.74. The summed E-state index contributed by atoms with van der Waals surface area (Å²) >= 11 is 0. The smallest absolute Gasteiger partial charge is 0.411 e. The number of unbranched alkanes of at least 4 members (excludes halogenated alkanes) is 7. The van der Waals surface area contributed by atoms with Crippen molar-refractivity contribution in [2.75, 3.05) is 38.9 Å². The number of amides is 1. The first-order chi connectivity index (χ1) is 19.1. The highest BCUT2D eigenvalue weighted by Gasteiger charge is 2.11. The van der Waals surface area contributed by atoms with Gasteiger partial charge in [-0.25, -0.2) is 9.59 Å². The van der Waals surface area contributed by atoms with Gasteiger partial charge in [-0.3, -0.25) is 5.32 Å². The maximum absolute atomic E-state index is 12.4. The lowest BCUT2D eigenvalue weighted by atomic mass is 10.1. The van der Waals surface area contributed by atoms with E-state index in [4.69, 9.17) is 23.7 Å². The lowest BCUT2D eigenvalue weighted by molar-refractivity contribution is 0.0318. The van der Waals surface area contributed by atoms with Crippen LogP contribution < -0.4 is 14.8 Å². The zero-order valence-corrected chi connectivity index (χ0v) is 23.8. The number of rotatable bonds is 20. The molecular formula is C31H45NO7. The summed E-state index contributed by atoms with van der Waals surface area (Å²) in [5.41, 5.74) is 1.59. The molecule has 216 valence electrons. The highest BCUT2D eigenvalue weighted by molar-refractivity contribution is 5.91. The van der Waals surface area contributed by atoms with Crippen molar-refractivity contribution in [3.05, 3.63) is 53.6 Å². The van der Waals surface area contributed by atoms with E-state index in [2.05, 4.69) is 12.2 Å². The molecule has 0 radical (unpaired) electrons. The van der Waals surface area contributed by atoms with E-state index in [0.717, 1.165) is 25.0 Å². The highest BCUT2D eigenvalue weighted by Crippen LogP contribution is 2.25. The molecule has 0 unspecified atom stereocenters. The minimum atomic E-state index is -0.620. The fourth-order valence-electron chi connectivity index (χ4n) is 3.89. The van der Waals surface area contributed by atoms with Gasteiger partial charge in [-0.2, -0.15) is 0 Å². The van der Waals surface area contributed by atoms with Crippen molar-refractivity contribution in [2.24, 2.45) is 0 Å². The summed E-state index contributed by atoms with van der Waals surface area (Å²) in [6, 6.07) is 11.9. The summed E-state index contributed by atoms with van der Waals surface area (Å²) in [5.74, 6) is 0.892. The number of methoxy groups -OCH3 is 1. The van der Waals surface area contributed by atoms with Gasteiger partial charge in [0, 0.05) is 17.9 Å². The molecule has 2 aromatic rings. The fourth-order valence-corrected chi connectivity index (χ4v) is 3.89. The first-order valence-corrected chi connectivity index (χ1v) is 14.2. The van der Waals surface area contributed by atoms with Gasteiger partial charge in [0.25, 0.3) is 0 Å².